The van der Waals surface area contributed by atoms with Crippen molar-refractivity contribution in [1.29, 1.82) is 0 Å². The third kappa shape index (κ3) is 4.79. The van der Waals surface area contributed by atoms with Crippen molar-refractivity contribution in [3.05, 3.63) is 186 Å². The van der Waals surface area contributed by atoms with E-state index in [9.17, 15) is 0 Å². The summed E-state index contributed by atoms with van der Waals surface area (Å²) >= 11 is 0. The first kappa shape index (κ1) is 29.0. The molecule has 1 aliphatic rings. The van der Waals surface area contributed by atoms with Gasteiger partial charge in [-0.05, 0) is 46.7 Å². The molecule has 5 nitrogen and oxygen atoms in total. The van der Waals surface area contributed by atoms with Crippen molar-refractivity contribution in [3.63, 3.8) is 0 Å². The molecule has 0 amide bonds. The lowest BCUT2D eigenvalue weighted by molar-refractivity contribution is 1.22. The van der Waals surface area contributed by atoms with E-state index in [4.69, 9.17) is 20.0 Å². The third-order valence-electron chi connectivity index (χ3n) is 9.75. The molecule has 0 fully saturated rings. The van der Waals surface area contributed by atoms with Gasteiger partial charge in [0.05, 0.1) is 22.4 Å². The second-order valence-electron chi connectivity index (χ2n) is 12.8. The fourth-order valence-electron chi connectivity index (χ4n) is 7.30. The van der Waals surface area contributed by atoms with E-state index < -0.39 is 0 Å². The topological polar surface area (TPSA) is 54.9 Å². The van der Waals surface area contributed by atoms with Gasteiger partial charge in [-0.1, -0.05) is 139 Å². The zero-order chi connectivity index (χ0) is 33.9. The lowest BCUT2D eigenvalue weighted by atomic mass is 9.96. The van der Waals surface area contributed by atoms with Crippen LogP contribution in [0.4, 0.5) is 0 Å². The molecule has 0 aliphatic carbocycles. The van der Waals surface area contributed by atoms with E-state index in [0.29, 0.717) is 5.84 Å². The molecule has 0 bridgehead atoms. The fourth-order valence-corrected chi connectivity index (χ4v) is 7.30. The number of nitrogens with zero attached hydrogens (tertiary/aromatic N) is 5. The van der Waals surface area contributed by atoms with Crippen LogP contribution in [0, 0.1) is 0 Å². The van der Waals surface area contributed by atoms with Crippen LogP contribution in [0.15, 0.2) is 179 Å². The van der Waals surface area contributed by atoms with Crippen LogP contribution in [0.25, 0.3) is 66.1 Å². The van der Waals surface area contributed by atoms with Crippen molar-refractivity contribution < 1.29 is 0 Å². The normalized spacial score (nSPS) is 13.4. The quantitative estimate of drug-likeness (QED) is 0.178. The average molecular weight is 652 g/mol. The summed E-state index contributed by atoms with van der Waals surface area (Å²) in [5, 5.41) is 5.63. The second kappa shape index (κ2) is 11.6. The van der Waals surface area contributed by atoms with Crippen molar-refractivity contribution in [3.8, 4) is 11.3 Å². The van der Waals surface area contributed by atoms with Crippen molar-refractivity contribution in [2.45, 2.75) is 6.92 Å². The van der Waals surface area contributed by atoms with Crippen molar-refractivity contribution in [2.24, 2.45) is 9.98 Å². The van der Waals surface area contributed by atoms with Crippen molar-refractivity contribution in [1.82, 2.24) is 14.4 Å². The van der Waals surface area contributed by atoms with Gasteiger partial charge in [-0.3, -0.25) is 4.40 Å². The minimum atomic E-state index is 0.628. The minimum Gasteiger partial charge on any atom is -0.298 e. The molecule has 6 aromatic carbocycles. The molecule has 0 radical (unpaired) electrons. The first-order valence-corrected chi connectivity index (χ1v) is 17.1. The van der Waals surface area contributed by atoms with Gasteiger partial charge in [-0.25, -0.2) is 20.0 Å². The lowest BCUT2D eigenvalue weighted by Crippen LogP contribution is -2.08. The van der Waals surface area contributed by atoms with E-state index in [1.54, 1.807) is 0 Å². The summed E-state index contributed by atoms with van der Waals surface area (Å²) in [6, 6.07) is 52.3. The van der Waals surface area contributed by atoms with E-state index in [2.05, 4.69) is 145 Å². The molecule has 0 spiro atoms. The Morgan fingerprint density at radius 3 is 1.94 bits per heavy atom. The predicted octanol–water partition coefficient (Wildman–Crippen LogP) is 10.8. The summed E-state index contributed by atoms with van der Waals surface area (Å²) in [6.45, 7) is 2.08. The van der Waals surface area contributed by atoms with Gasteiger partial charge >= 0.3 is 0 Å². The third-order valence-corrected chi connectivity index (χ3v) is 9.75. The number of allylic oxidation sites excluding steroid dienone is 1. The highest BCUT2D eigenvalue weighted by Crippen LogP contribution is 2.34. The molecule has 5 heteroatoms. The number of para-hydroxylation sites is 1. The molecule has 10 rings (SSSR count). The summed E-state index contributed by atoms with van der Waals surface area (Å²) in [5.74, 6) is 0.628. The number of aliphatic imine (C=N–C) groups is 2. The highest BCUT2D eigenvalue weighted by molar-refractivity contribution is 6.25. The summed E-state index contributed by atoms with van der Waals surface area (Å²) in [6.07, 6.45) is 2.05. The molecule has 0 saturated carbocycles. The van der Waals surface area contributed by atoms with Gasteiger partial charge in [0.25, 0.3) is 0 Å². The van der Waals surface area contributed by atoms with Gasteiger partial charge in [-0.15, -0.1) is 0 Å². The number of aromatic nitrogens is 3. The molecule has 0 unspecified atom stereocenters. The largest absolute Gasteiger partial charge is 0.298 e. The zero-order valence-electron chi connectivity index (χ0n) is 27.7. The fraction of sp³-hybridized carbons (Fsp3) is 0.0217. The van der Waals surface area contributed by atoms with Crippen LogP contribution in [-0.2, 0) is 0 Å². The number of rotatable bonds is 4. The van der Waals surface area contributed by atoms with Crippen LogP contribution in [0.2, 0.25) is 0 Å². The number of benzene rings is 6. The summed E-state index contributed by atoms with van der Waals surface area (Å²) < 4.78 is 2.13. The monoisotopic (exact) mass is 651 g/mol. The average Bonchev–Trinajstić information content (AvgIpc) is 3.49. The maximum absolute atomic E-state index is 5.35. The molecule has 238 valence electrons. The Morgan fingerprint density at radius 2 is 1.16 bits per heavy atom. The van der Waals surface area contributed by atoms with Crippen molar-refractivity contribution in [2.75, 3.05) is 0 Å². The van der Waals surface area contributed by atoms with E-state index in [0.717, 1.165) is 94.1 Å². The van der Waals surface area contributed by atoms with Crippen LogP contribution in [0.5, 0.6) is 0 Å². The minimum absolute atomic E-state index is 0.628. The zero-order valence-corrected chi connectivity index (χ0v) is 27.7. The van der Waals surface area contributed by atoms with Gasteiger partial charge in [0.1, 0.15) is 16.9 Å². The van der Waals surface area contributed by atoms with E-state index in [-0.39, 0.29) is 0 Å². The van der Waals surface area contributed by atoms with E-state index in [1.165, 1.54) is 0 Å². The first-order valence-electron chi connectivity index (χ1n) is 17.1. The molecular formula is C46H29N5. The summed E-state index contributed by atoms with van der Waals surface area (Å²) in [4.78, 5) is 20.8. The molecule has 0 atom stereocenters. The maximum atomic E-state index is 5.35. The Morgan fingerprint density at radius 1 is 0.529 bits per heavy atom. The smallest absolute Gasteiger partial charge is 0.161 e. The van der Waals surface area contributed by atoms with Crippen LogP contribution in [0.1, 0.15) is 23.6 Å². The Bertz CT molecular complexity index is 3000. The lowest BCUT2D eigenvalue weighted by Gasteiger charge is -2.11. The number of fused-ring (bicyclic) bond motifs is 7. The van der Waals surface area contributed by atoms with Crippen LogP contribution in [0.3, 0.4) is 0 Å². The Balaban J connectivity index is 1.17. The van der Waals surface area contributed by atoms with Gasteiger partial charge in [0.2, 0.25) is 0 Å². The number of hydrogen-bond acceptors (Lipinski definition) is 4. The van der Waals surface area contributed by atoms with E-state index >= 15 is 0 Å². The number of pyridine rings is 2. The Hall–Kier alpha value is -6.94. The standard InChI is InChI=1S/C46H29N5/c1-29-28-40(36-19-10-14-30-12-2-4-16-34(30)36)48-46(50-42(29)37-20-11-15-31-13-3-5-17-35(31)37)33-25-23-32(24-26-33)43-45-44(38-18-6-7-21-39(38)47-43)49-41-22-8-9-27-51(41)45/h2-27H,1H3. The summed E-state index contributed by atoms with van der Waals surface area (Å²) in [7, 11) is 0. The Labute approximate surface area is 293 Å². The highest BCUT2D eigenvalue weighted by atomic mass is 15.0. The number of amidine groups is 1. The van der Waals surface area contributed by atoms with E-state index in [1.807, 2.05) is 30.3 Å². The number of imidazole rings is 1. The SMILES string of the molecule is CC1=C=C(c2cccc3ccccc23)N=C(c2ccc(-c3nc4ccccc4c4nc5ccccn5c34)cc2)N=C1c1cccc2ccccc12. The van der Waals surface area contributed by atoms with Gasteiger partial charge < -0.3 is 0 Å². The molecular weight excluding hydrogens is 623 g/mol. The molecule has 0 saturated heterocycles. The maximum Gasteiger partial charge on any atom is 0.161 e. The van der Waals surface area contributed by atoms with Gasteiger partial charge in [-0.2, -0.15) is 0 Å². The summed E-state index contributed by atoms with van der Waals surface area (Å²) in [5.41, 5.74) is 14.8. The van der Waals surface area contributed by atoms with Crippen LogP contribution in [-0.4, -0.2) is 25.9 Å². The van der Waals surface area contributed by atoms with Crippen LogP contribution >= 0.6 is 0 Å². The predicted molar refractivity (Wildman–Crippen MR) is 211 cm³/mol. The molecule has 9 aromatic rings. The van der Waals surface area contributed by atoms with Gasteiger partial charge in [0.15, 0.2) is 5.84 Å². The first-order chi connectivity index (χ1) is 25.2. The molecule has 4 heterocycles. The Kier molecular flexibility index (Phi) is 6.60. The molecule has 1 aliphatic heterocycles. The van der Waals surface area contributed by atoms with Gasteiger partial charge in [0, 0.05) is 39.4 Å². The van der Waals surface area contributed by atoms with Crippen LogP contribution < -0.4 is 0 Å². The second-order valence-corrected chi connectivity index (χ2v) is 12.8. The molecule has 51 heavy (non-hydrogen) atoms. The highest BCUT2D eigenvalue weighted by Gasteiger charge is 2.20. The molecule has 0 N–H and O–H groups in total. The van der Waals surface area contributed by atoms with Crippen molar-refractivity contribution >= 4 is 66.4 Å². The molecule has 3 aromatic heterocycles. The number of hydrogen-bond donors (Lipinski definition) is 0.